The Bertz CT molecular complexity index is 1180. The van der Waals surface area contributed by atoms with Crippen molar-refractivity contribution in [2.75, 3.05) is 5.32 Å². The molecule has 0 saturated heterocycles. The summed E-state index contributed by atoms with van der Waals surface area (Å²) in [5, 5.41) is 2.66. The predicted octanol–water partition coefficient (Wildman–Crippen LogP) is 3.56. The molecule has 0 aliphatic heterocycles. The van der Waals surface area contributed by atoms with Crippen molar-refractivity contribution in [1.82, 2.24) is 9.55 Å². The molecule has 8 heteroatoms. The summed E-state index contributed by atoms with van der Waals surface area (Å²) in [7, 11) is 0. The normalized spacial score (nSPS) is 10.8. The van der Waals surface area contributed by atoms with Crippen LogP contribution in [0.1, 0.15) is 0 Å². The lowest BCUT2D eigenvalue weighted by Gasteiger charge is -2.07. The van der Waals surface area contributed by atoms with Crippen LogP contribution < -0.4 is 15.8 Å². The van der Waals surface area contributed by atoms with Crippen LogP contribution in [0.2, 0.25) is 0 Å². The van der Waals surface area contributed by atoms with E-state index in [0.29, 0.717) is 28.4 Å². The summed E-state index contributed by atoms with van der Waals surface area (Å²) < 4.78 is 24.8. The number of carbonyl (C=O) groups is 1. The summed E-state index contributed by atoms with van der Waals surface area (Å²) in [6.45, 7) is -0.191. The number of carbonyl (C=O) groups excluding carboxylic acids is 1. The van der Waals surface area contributed by atoms with E-state index in [0.717, 1.165) is 0 Å². The van der Waals surface area contributed by atoms with Gasteiger partial charge in [-0.15, -0.1) is 0 Å². The summed E-state index contributed by atoms with van der Waals surface area (Å²) in [5.41, 5.74) is 1.41. The van der Waals surface area contributed by atoms with Gasteiger partial charge in [0.15, 0.2) is 5.58 Å². The molecule has 1 amide bonds. The molecule has 1 N–H and O–H groups in total. The van der Waals surface area contributed by atoms with Crippen LogP contribution in [0, 0.1) is 5.82 Å². The number of oxazole rings is 1. The van der Waals surface area contributed by atoms with Crippen LogP contribution in [0.25, 0.3) is 11.1 Å². The predicted molar refractivity (Wildman–Crippen MR) is 99.8 cm³/mol. The fourth-order valence-corrected chi connectivity index (χ4v) is 2.65. The summed E-state index contributed by atoms with van der Waals surface area (Å²) in [6, 6.07) is 15.6. The molecule has 4 aromatic rings. The van der Waals surface area contributed by atoms with Gasteiger partial charge in [-0.3, -0.25) is 9.36 Å². The number of pyridine rings is 1. The van der Waals surface area contributed by atoms with Crippen LogP contribution in [0.4, 0.5) is 10.1 Å². The lowest BCUT2D eigenvalue weighted by Crippen LogP contribution is -2.24. The summed E-state index contributed by atoms with van der Waals surface area (Å²) >= 11 is 0. The molecule has 0 radical (unpaired) electrons. The smallest absolute Gasteiger partial charge is 0.420 e. The third-order valence-corrected chi connectivity index (χ3v) is 3.93. The number of benzene rings is 2. The minimum Gasteiger partial charge on any atom is -0.439 e. The number of para-hydroxylation sites is 2. The first-order valence-electron chi connectivity index (χ1n) is 8.36. The molecule has 28 heavy (non-hydrogen) atoms. The van der Waals surface area contributed by atoms with Crippen molar-refractivity contribution >= 4 is 22.7 Å². The van der Waals surface area contributed by atoms with Crippen LogP contribution in [-0.2, 0) is 11.3 Å². The van der Waals surface area contributed by atoms with Gasteiger partial charge in [0.1, 0.15) is 18.1 Å². The van der Waals surface area contributed by atoms with Gasteiger partial charge in [0, 0.05) is 6.07 Å². The van der Waals surface area contributed by atoms with Gasteiger partial charge in [-0.05, 0) is 42.5 Å². The van der Waals surface area contributed by atoms with Gasteiger partial charge in [-0.1, -0.05) is 12.1 Å². The second kappa shape index (κ2) is 7.36. The molecule has 0 saturated carbocycles. The molecule has 0 spiro atoms. The fraction of sp³-hybridized carbons (Fsp3) is 0.0500. The van der Waals surface area contributed by atoms with E-state index in [4.69, 9.17) is 9.15 Å². The van der Waals surface area contributed by atoms with Crippen LogP contribution in [-0.4, -0.2) is 15.5 Å². The Balaban J connectivity index is 1.42. The maximum absolute atomic E-state index is 12.9. The number of fused-ring (bicyclic) bond motifs is 1. The maximum atomic E-state index is 12.9. The van der Waals surface area contributed by atoms with Crippen molar-refractivity contribution in [2.45, 2.75) is 6.54 Å². The Labute approximate surface area is 158 Å². The van der Waals surface area contributed by atoms with Gasteiger partial charge in [-0.25, -0.2) is 14.2 Å². The van der Waals surface area contributed by atoms with Crippen molar-refractivity contribution in [3.8, 4) is 11.6 Å². The van der Waals surface area contributed by atoms with E-state index < -0.39 is 11.7 Å². The number of hydrogen-bond donors (Lipinski definition) is 1. The third kappa shape index (κ3) is 3.75. The van der Waals surface area contributed by atoms with Crippen LogP contribution in [0.3, 0.4) is 0 Å². The maximum Gasteiger partial charge on any atom is 0.420 e. The molecule has 0 aliphatic carbocycles. The van der Waals surface area contributed by atoms with Crippen LogP contribution in [0.5, 0.6) is 11.6 Å². The van der Waals surface area contributed by atoms with E-state index in [9.17, 15) is 14.0 Å². The number of ether oxygens (including phenoxy) is 1. The third-order valence-electron chi connectivity index (χ3n) is 3.93. The van der Waals surface area contributed by atoms with E-state index in [1.165, 1.54) is 35.0 Å². The second-order valence-electron chi connectivity index (χ2n) is 5.91. The van der Waals surface area contributed by atoms with Gasteiger partial charge in [-0.2, -0.15) is 0 Å². The number of anilines is 1. The van der Waals surface area contributed by atoms with Gasteiger partial charge in [0.05, 0.1) is 17.4 Å². The van der Waals surface area contributed by atoms with Crippen molar-refractivity contribution in [1.29, 1.82) is 0 Å². The number of hydrogen-bond acceptors (Lipinski definition) is 5. The van der Waals surface area contributed by atoms with Gasteiger partial charge in [0.2, 0.25) is 11.8 Å². The number of amides is 1. The Morgan fingerprint density at radius 2 is 1.89 bits per heavy atom. The average molecular weight is 379 g/mol. The van der Waals surface area contributed by atoms with Crippen molar-refractivity contribution in [3.05, 3.63) is 83.2 Å². The zero-order valence-corrected chi connectivity index (χ0v) is 14.5. The molecule has 0 fully saturated rings. The molecule has 4 rings (SSSR count). The highest BCUT2D eigenvalue weighted by atomic mass is 19.1. The lowest BCUT2D eigenvalue weighted by atomic mass is 10.3. The highest BCUT2D eigenvalue weighted by molar-refractivity contribution is 5.91. The summed E-state index contributed by atoms with van der Waals surface area (Å²) in [5.74, 6) is -0.624. The topological polar surface area (TPSA) is 86.4 Å². The monoisotopic (exact) mass is 379 g/mol. The van der Waals surface area contributed by atoms with E-state index in [1.54, 1.807) is 36.4 Å². The molecular formula is C20H14FN3O4. The molecule has 0 aliphatic rings. The Morgan fingerprint density at radius 1 is 1.11 bits per heavy atom. The average Bonchev–Trinajstić information content (AvgIpc) is 3.00. The quantitative estimate of drug-likeness (QED) is 0.573. The molecular weight excluding hydrogens is 365 g/mol. The van der Waals surface area contributed by atoms with Gasteiger partial charge >= 0.3 is 5.76 Å². The molecule has 2 aromatic heterocycles. The fourth-order valence-electron chi connectivity index (χ4n) is 2.65. The van der Waals surface area contributed by atoms with E-state index in [1.807, 2.05) is 0 Å². The molecule has 0 atom stereocenters. The van der Waals surface area contributed by atoms with E-state index >= 15 is 0 Å². The van der Waals surface area contributed by atoms with Crippen molar-refractivity contribution in [2.24, 2.45) is 0 Å². The Morgan fingerprint density at radius 3 is 2.64 bits per heavy atom. The first kappa shape index (κ1) is 17.5. The molecule has 0 unspecified atom stereocenters. The number of halogens is 1. The van der Waals surface area contributed by atoms with Crippen molar-refractivity contribution in [3.63, 3.8) is 0 Å². The highest BCUT2D eigenvalue weighted by Crippen LogP contribution is 2.20. The molecule has 7 nitrogen and oxygen atoms in total. The minimum absolute atomic E-state index is 0.191. The van der Waals surface area contributed by atoms with E-state index in [2.05, 4.69) is 10.3 Å². The number of nitrogens with one attached hydrogen (secondary N) is 1. The number of rotatable bonds is 5. The number of nitrogens with zero attached hydrogens (tertiary/aromatic N) is 2. The zero-order valence-electron chi connectivity index (χ0n) is 14.5. The second-order valence-corrected chi connectivity index (χ2v) is 5.91. The summed E-state index contributed by atoms with van der Waals surface area (Å²) in [6.07, 6.45) is 1.42. The Kier molecular flexibility index (Phi) is 4.59. The number of aromatic nitrogens is 2. The highest BCUT2D eigenvalue weighted by Gasteiger charge is 2.12. The molecule has 140 valence electrons. The van der Waals surface area contributed by atoms with Gasteiger partial charge in [0.25, 0.3) is 0 Å². The Hall–Kier alpha value is -3.94. The first-order chi connectivity index (χ1) is 13.6. The molecule has 2 aromatic carbocycles. The largest absolute Gasteiger partial charge is 0.439 e. The first-order valence-corrected chi connectivity index (χ1v) is 8.36. The summed E-state index contributed by atoms with van der Waals surface area (Å²) in [4.78, 5) is 28.3. The lowest BCUT2D eigenvalue weighted by molar-refractivity contribution is -0.116. The molecule has 2 heterocycles. The van der Waals surface area contributed by atoms with Gasteiger partial charge < -0.3 is 14.5 Å². The van der Waals surface area contributed by atoms with Crippen LogP contribution in [0.15, 0.2) is 76.1 Å². The zero-order chi connectivity index (χ0) is 19.5. The standard InChI is InChI=1S/C20H14FN3O4/c21-13-5-8-15(9-6-13)27-19-10-7-14(11-22-19)23-18(25)12-24-16-3-1-2-4-17(16)28-20(24)26/h1-11H,12H2,(H,23,25). The SMILES string of the molecule is O=C(Cn1c(=O)oc2ccccc21)Nc1ccc(Oc2ccc(F)cc2)nc1. The van der Waals surface area contributed by atoms with Crippen molar-refractivity contribution < 1.29 is 18.3 Å². The minimum atomic E-state index is -0.600. The molecule has 0 bridgehead atoms. The van der Waals surface area contributed by atoms with Crippen LogP contribution >= 0.6 is 0 Å². The van der Waals surface area contributed by atoms with E-state index in [-0.39, 0.29) is 12.4 Å².